The van der Waals surface area contributed by atoms with E-state index in [1.54, 1.807) is 13.2 Å². The van der Waals surface area contributed by atoms with Crippen molar-refractivity contribution in [3.63, 3.8) is 0 Å². The molecule has 1 heterocycles. The number of para-hydroxylation sites is 1. The number of hydrogen-bond acceptors (Lipinski definition) is 3. The summed E-state index contributed by atoms with van der Waals surface area (Å²) in [7, 11) is 1.62. The van der Waals surface area contributed by atoms with Crippen LogP contribution in [0, 0.1) is 12.8 Å². The molecule has 1 N–H and O–H groups in total. The number of methoxy groups -OCH3 is 1. The van der Waals surface area contributed by atoms with Crippen molar-refractivity contribution >= 4 is 29.1 Å². The fourth-order valence-electron chi connectivity index (χ4n) is 4.11. The fourth-order valence-corrected chi connectivity index (χ4v) is 4.33. The molecule has 6 heteroatoms. The third-order valence-electron chi connectivity index (χ3n) is 5.70. The highest BCUT2D eigenvalue weighted by Gasteiger charge is 2.41. The molecule has 1 aliphatic heterocycles. The Kier molecular flexibility index (Phi) is 7.38. The number of nitrogens with zero attached hydrogens (tertiary/aromatic N) is 1. The molecule has 0 aliphatic carbocycles. The van der Waals surface area contributed by atoms with Crippen LogP contribution in [-0.2, 0) is 9.59 Å². The zero-order valence-corrected chi connectivity index (χ0v) is 18.5. The van der Waals surface area contributed by atoms with Gasteiger partial charge in [-0.05, 0) is 49.6 Å². The zero-order valence-electron chi connectivity index (χ0n) is 17.8. The summed E-state index contributed by atoms with van der Waals surface area (Å²) in [5.41, 5.74) is 2.51. The summed E-state index contributed by atoms with van der Waals surface area (Å²) in [5, 5.41) is 3.69. The van der Waals surface area contributed by atoms with E-state index in [9.17, 15) is 9.59 Å². The predicted octanol–water partition coefficient (Wildman–Crippen LogP) is 5.38. The number of likely N-dealkylation sites (tertiary alicyclic amines) is 1. The number of hydrogen-bond donors (Lipinski definition) is 1. The number of aryl methyl sites for hydroxylation is 1. The lowest BCUT2D eigenvalue weighted by molar-refractivity contribution is -0.142. The summed E-state index contributed by atoms with van der Waals surface area (Å²) < 4.78 is 5.58. The molecule has 0 aromatic heterocycles. The third-order valence-corrected chi connectivity index (χ3v) is 5.93. The summed E-state index contributed by atoms with van der Waals surface area (Å²) in [6, 6.07) is 12.7. The molecule has 1 saturated heterocycles. The van der Waals surface area contributed by atoms with E-state index in [-0.39, 0.29) is 23.8 Å². The van der Waals surface area contributed by atoms with Crippen LogP contribution in [0.4, 0.5) is 5.69 Å². The Balaban J connectivity index is 1.97. The van der Waals surface area contributed by atoms with Gasteiger partial charge >= 0.3 is 0 Å². The highest BCUT2D eigenvalue weighted by atomic mass is 35.5. The van der Waals surface area contributed by atoms with E-state index in [1.807, 2.05) is 48.2 Å². The lowest BCUT2D eigenvalue weighted by Crippen LogP contribution is -2.47. The van der Waals surface area contributed by atoms with Crippen molar-refractivity contribution in [3.8, 4) is 5.75 Å². The highest BCUT2D eigenvalue weighted by molar-refractivity contribution is 6.30. The van der Waals surface area contributed by atoms with E-state index >= 15 is 0 Å². The minimum atomic E-state index is -0.370. The Hall–Kier alpha value is -2.53. The molecule has 2 atom stereocenters. The number of benzene rings is 2. The van der Waals surface area contributed by atoms with E-state index in [4.69, 9.17) is 16.3 Å². The smallest absolute Gasteiger partial charge is 0.229 e. The molecule has 1 aliphatic rings. The largest absolute Gasteiger partial charge is 0.496 e. The van der Waals surface area contributed by atoms with Crippen molar-refractivity contribution < 1.29 is 14.3 Å². The van der Waals surface area contributed by atoms with E-state index in [0.717, 1.165) is 29.7 Å². The van der Waals surface area contributed by atoms with Crippen molar-refractivity contribution in [2.24, 2.45) is 5.92 Å². The summed E-state index contributed by atoms with van der Waals surface area (Å²) in [6.07, 6.45) is 2.74. The number of ether oxygens (including phenoxy) is 1. The first-order valence-corrected chi connectivity index (χ1v) is 10.8. The van der Waals surface area contributed by atoms with Gasteiger partial charge in [-0.25, -0.2) is 0 Å². The number of amides is 2. The zero-order chi connectivity index (χ0) is 21.7. The molecule has 30 heavy (non-hydrogen) atoms. The second-order valence-electron chi connectivity index (χ2n) is 7.72. The van der Waals surface area contributed by atoms with Crippen LogP contribution < -0.4 is 10.1 Å². The summed E-state index contributed by atoms with van der Waals surface area (Å²) in [5.74, 6) is 0.321. The number of carbonyl (C=O) groups is 2. The highest BCUT2D eigenvalue weighted by Crippen LogP contribution is 2.41. The van der Waals surface area contributed by atoms with Gasteiger partial charge in [-0.1, -0.05) is 43.1 Å². The molecule has 0 saturated carbocycles. The SMILES string of the molecule is CCCCN1C(=O)CC[C@@H](C(=O)Nc2ccc(Cl)cc2C)[C@@H]1c1ccccc1OC. The average molecular weight is 429 g/mol. The Morgan fingerprint density at radius 2 is 2.03 bits per heavy atom. The number of halogens is 1. The Morgan fingerprint density at radius 3 is 2.73 bits per heavy atom. The third kappa shape index (κ3) is 4.78. The van der Waals surface area contributed by atoms with Gasteiger partial charge in [-0.3, -0.25) is 9.59 Å². The minimum absolute atomic E-state index is 0.0890. The van der Waals surface area contributed by atoms with E-state index in [0.29, 0.717) is 30.2 Å². The topological polar surface area (TPSA) is 58.6 Å². The quantitative estimate of drug-likeness (QED) is 0.644. The van der Waals surface area contributed by atoms with E-state index in [2.05, 4.69) is 12.2 Å². The van der Waals surface area contributed by atoms with Gasteiger partial charge in [0.05, 0.1) is 19.1 Å². The van der Waals surface area contributed by atoms with Gasteiger partial charge < -0.3 is 15.0 Å². The summed E-state index contributed by atoms with van der Waals surface area (Å²) >= 11 is 6.05. The van der Waals surface area contributed by atoms with Crippen LogP contribution >= 0.6 is 11.6 Å². The van der Waals surface area contributed by atoms with Crippen LogP contribution in [0.1, 0.15) is 49.8 Å². The van der Waals surface area contributed by atoms with Gasteiger partial charge in [0, 0.05) is 29.2 Å². The maximum absolute atomic E-state index is 13.4. The maximum Gasteiger partial charge on any atom is 0.229 e. The van der Waals surface area contributed by atoms with Crippen LogP contribution in [-0.4, -0.2) is 30.4 Å². The molecule has 5 nitrogen and oxygen atoms in total. The lowest BCUT2D eigenvalue weighted by atomic mass is 9.83. The first-order valence-electron chi connectivity index (χ1n) is 10.5. The average Bonchev–Trinajstić information content (AvgIpc) is 2.74. The molecule has 2 aromatic rings. The standard InChI is InChI=1S/C24H29ClN2O3/c1-4-5-14-27-22(28)13-11-19(23(27)18-8-6-7-9-21(18)30-3)24(29)26-20-12-10-17(25)15-16(20)2/h6-10,12,15,19,23H,4-5,11,13-14H2,1-3H3,(H,26,29)/t19-,23+/m1/s1. The number of anilines is 1. The first-order chi connectivity index (χ1) is 14.5. The fraction of sp³-hybridized carbons (Fsp3) is 0.417. The monoisotopic (exact) mass is 428 g/mol. The normalized spacial score (nSPS) is 18.9. The second kappa shape index (κ2) is 9.98. The van der Waals surface area contributed by atoms with E-state index in [1.165, 1.54) is 0 Å². The predicted molar refractivity (Wildman–Crippen MR) is 120 cm³/mol. The van der Waals surface area contributed by atoms with E-state index < -0.39 is 0 Å². The minimum Gasteiger partial charge on any atom is -0.496 e. The molecular weight excluding hydrogens is 400 g/mol. The van der Waals surface area contributed by atoms with Crippen LogP contribution in [0.25, 0.3) is 0 Å². The molecule has 160 valence electrons. The van der Waals surface area contributed by atoms with Crippen LogP contribution in [0.2, 0.25) is 5.02 Å². The number of carbonyl (C=O) groups excluding carboxylic acids is 2. The number of unbranched alkanes of at least 4 members (excludes halogenated alkanes) is 1. The van der Waals surface area contributed by atoms with Gasteiger partial charge in [-0.2, -0.15) is 0 Å². The van der Waals surface area contributed by atoms with Crippen LogP contribution in [0.15, 0.2) is 42.5 Å². The van der Waals surface area contributed by atoms with Crippen molar-refractivity contribution in [3.05, 3.63) is 58.6 Å². The van der Waals surface area contributed by atoms with Crippen molar-refractivity contribution in [1.29, 1.82) is 0 Å². The molecular formula is C24H29ClN2O3. The number of piperidine rings is 1. The second-order valence-corrected chi connectivity index (χ2v) is 8.16. The Bertz CT molecular complexity index is 915. The van der Waals surface area contributed by atoms with Gasteiger partial charge in [0.1, 0.15) is 5.75 Å². The van der Waals surface area contributed by atoms with Gasteiger partial charge in [0.15, 0.2) is 0 Å². The molecule has 2 amide bonds. The molecule has 0 unspecified atom stereocenters. The van der Waals surface area contributed by atoms with Crippen LogP contribution in [0.3, 0.4) is 0 Å². The molecule has 3 rings (SSSR count). The Morgan fingerprint density at radius 1 is 1.27 bits per heavy atom. The molecule has 0 radical (unpaired) electrons. The number of rotatable bonds is 7. The first kappa shape index (κ1) is 22.2. The van der Waals surface area contributed by atoms with Crippen molar-refractivity contribution in [1.82, 2.24) is 4.90 Å². The Labute approximate surface area is 183 Å². The summed E-state index contributed by atoms with van der Waals surface area (Å²) in [4.78, 5) is 28.1. The van der Waals surface area contributed by atoms with Gasteiger partial charge in [0.25, 0.3) is 0 Å². The summed E-state index contributed by atoms with van der Waals surface area (Å²) in [6.45, 7) is 4.64. The molecule has 1 fully saturated rings. The van der Waals surface area contributed by atoms with Gasteiger partial charge in [-0.15, -0.1) is 0 Å². The lowest BCUT2D eigenvalue weighted by Gasteiger charge is -2.41. The molecule has 0 bridgehead atoms. The van der Waals surface area contributed by atoms with Gasteiger partial charge in [0.2, 0.25) is 11.8 Å². The molecule has 2 aromatic carbocycles. The van der Waals surface area contributed by atoms with Crippen molar-refractivity contribution in [2.75, 3.05) is 19.0 Å². The maximum atomic E-state index is 13.4. The van der Waals surface area contributed by atoms with Crippen LogP contribution in [0.5, 0.6) is 5.75 Å². The molecule has 0 spiro atoms. The number of nitrogens with one attached hydrogen (secondary N) is 1. The van der Waals surface area contributed by atoms with Crippen molar-refractivity contribution in [2.45, 2.75) is 45.6 Å².